The lowest BCUT2D eigenvalue weighted by Crippen LogP contribution is -2.13. The molecule has 2 aromatic carbocycles. The van der Waals surface area contributed by atoms with Crippen LogP contribution < -0.4 is 9.47 Å². The van der Waals surface area contributed by atoms with Crippen LogP contribution in [-0.4, -0.2) is 58.0 Å². The second-order valence-electron chi connectivity index (χ2n) is 5.30. The number of hydrogen-bond donors (Lipinski definition) is 1. The zero-order valence-electron chi connectivity index (χ0n) is 14.8. The van der Waals surface area contributed by atoms with E-state index in [1.54, 1.807) is 0 Å². The molecule has 0 aliphatic heterocycles. The van der Waals surface area contributed by atoms with Crippen molar-refractivity contribution < 1.29 is 28.8 Å². The summed E-state index contributed by atoms with van der Waals surface area (Å²) in [5.74, 6) is 2.25. The molecule has 26 heavy (non-hydrogen) atoms. The molecule has 2 rings (SSSR count). The molecule has 6 nitrogen and oxygen atoms in total. The monoisotopic (exact) mass is 362 g/mol. The molecule has 0 radical (unpaired) electrons. The van der Waals surface area contributed by atoms with Gasteiger partial charge in [-0.05, 0) is 24.3 Å². The van der Waals surface area contributed by atoms with Crippen LogP contribution >= 0.6 is 0 Å². The van der Waals surface area contributed by atoms with Crippen molar-refractivity contribution >= 4 is 0 Å². The maximum atomic E-state index is 8.55. The molecule has 1 N–H and O–H groups in total. The molecule has 0 aliphatic rings. The summed E-state index contributed by atoms with van der Waals surface area (Å²) >= 11 is 0. The van der Waals surface area contributed by atoms with E-state index in [2.05, 4.69) is 0 Å². The minimum atomic E-state index is 0.0321. The molecule has 0 amide bonds. The van der Waals surface area contributed by atoms with Gasteiger partial charge in [0, 0.05) is 6.07 Å². The Labute approximate surface area is 154 Å². The summed E-state index contributed by atoms with van der Waals surface area (Å²) in [5, 5.41) is 8.55. The first-order valence-corrected chi connectivity index (χ1v) is 8.68. The molecule has 0 atom stereocenters. The van der Waals surface area contributed by atoms with Crippen molar-refractivity contribution in [3.63, 3.8) is 0 Å². The van der Waals surface area contributed by atoms with E-state index in [4.69, 9.17) is 28.8 Å². The van der Waals surface area contributed by atoms with Gasteiger partial charge in [-0.1, -0.05) is 24.3 Å². The number of aliphatic hydroxyl groups is 1. The van der Waals surface area contributed by atoms with E-state index >= 15 is 0 Å². The van der Waals surface area contributed by atoms with Crippen LogP contribution in [0.15, 0.2) is 54.6 Å². The van der Waals surface area contributed by atoms with Gasteiger partial charge in [-0.3, -0.25) is 0 Å². The summed E-state index contributed by atoms with van der Waals surface area (Å²) in [6, 6.07) is 17.1. The Morgan fingerprint density at radius 3 is 1.85 bits per heavy atom. The molecule has 2 aromatic rings. The predicted octanol–water partition coefficient (Wildman–Crippen LogP) is 2.90. The van der Waals surface area contributed by atoms with Gasteiger partial charge >= 0.3 is 0 Å². The summed E-state index contributed by atoms with van der Waals surface area (Å²) in [6.07, 6.45) is 0. The van der Waals surface area contributed by atoms with E-state index in [-0.39, 0.29) is 6.61 Å². The zero-order valence-corrected chi connectivity index (χ0v) is 14.8. The Morgan fingerprint density at radius 2 is 1.15 bits per heavy atom. The molecule has 0 unspecified atom stereocenters. The van der Waals surface area contributed by atoms with E-state index in [1.165, 1.54) is 0 Å². The van der Waals surface area contributed by atoms with Crippen LogP contribution in [0.5, 0.6) is 17.2 Å². The van der Waals surface area contributed by atoms with Gasteiger partial charge in [0.25, 0.3) is 0 Å². The van der Waals surface area contributed by atoms with Gasteiger partial charge in [0.15, 0.2) is 0 Å². The van der Waals surface area contributed by atoms with Gasteiger partial charge in [-0.25, -0.2) is 0 Å². The molecule has 0 saturated carbocycles. The molecule has 0 spiro atoms. The Balaban J connectivity index is 1.54. The van der Waals surface area contributed by atoms with Crippen LogP contribution in [0.25, 0.3) is 0 Å². The Bertz CT molecular complexity index is 590. The van der Waals surface area contributed by atoms with Crippen molar-refractivity contribution in [3.8, 4) is 17.2 Å². The first-order chi connectivity index (χ1) is 12.9. The highest BCUT2D eigenvalue weighted by Crippen LogP contribution is 2.24. The SMILES string of the molecule is OCCOCCOCCOCCOc1cccc(Oc2ccccc2)c1. The number of hydrogen-bond acceptors (Lipinski definition) is 6. The van der Waals surface area contributed by atoms with Gasteiger partial charge < -0.3 is 28.8 Å². The number of aliphatic hydroxyl groups excluding tert-OH is 1. The fourth-order valence-corrected chi connectivity index (χ4v) is 2.08. The predicted molar refractivity (Wildman–Crippen MR) is 98.0 cm³/mol. The van der Waals surface area contributed by atoms with E-state index in [0.717, 1.165) is 17.2 Å². The highest BCUT2D eigenvalue weighted by Gasteiger charge is 2.00. The maximum absolute atomic E-state index is 8.55. The van der Waals surface area contributed by atoms with Crippen molar-refractivity contribution in [1.82, 2.24) is 0 Å². The smallest absolute Gasteiger partial charge is 0.131 e. The third-order valence-corrected chi connectivity index (χ3v) is 3.26. The Hall–Kier alpha value is -2.12. The van der Waals surface area contributed by atoms with E-state index in [1.807, 2.05) is 54.6 Å². The van der Waals surface area contributed by atoms with Crippen molar-refractivity contribution in [2.75, 3.05) is 52.9 Å². The molecule has 142 valence electrons. The number of para-hydroxylation sites is 1. The van der Waals surface area contributed by atoms with E-state index in [9.17, 15) is 0 Å². The summed E-state index contributed by atoms with van der Waals surface area (Å²) in [7, 11) is 0. The molecule has 0 aromatic heterocycles. The standard InChI is InChI=1S/C20H26O6/c21-9-10-22-11-12-23-13-14-24-15-16-25-19-7-4-8-20(17-19)26-18-5-2-1-3-6-18/h1-8,17,21H,9-16H2. The van der Waals surface area contributed by atoms with Crippen molar-refractivity contribution in [2.24, 2.45) is 0 Å². The van der Waals surface area contributed by atoms with Crippen molar-refractivity contribution in [1.29, 1.82) is 0 Å². The van der Waals surface area contributed by atoms with Crippen molar-refractivity contribution in [2.45, 2.75) is 0 Å². The molecule has 0 fully saturated rings. The average molecular weight is 362 g/mol. The number of benzene rings is 2. The third-order valence-electron chi connectivity index (χ3n) is 3.26. The van der Waals surface area contributed by atoms with Crippen LogP contribution in [0.2, 0.25) is 0 Å². The van der Waals surface area contributed by atoms with Crippen LogP contribution in [0.1, 0.15) is 0 Å². The van der Waals surface area contributed by atoms with Crippen LogP contribution in [0.3, 0.4) is 0 Å². The van der Waals surface area contributed by atoms with E-state index < -0.39 is 0 Å². The van der Waals surface area contributed by atoms with Crippen molar-refractivity contribution in [3.05, 3.63) is 54.6 Å². The van der Waals surface area contributed by atoms with E-state index in [0.29, 0.717) is 46.2 Å². The minimum Gasteiger partial charge on any atom is -0.491 e. The molecular formula is C20H26O6. The second kappa shape index (κ2) is 13.1. The molecule has 0 heterocycles. The van der Waals surface area contributed by atoms with Gasteiger partial charge in [-0.15, -0.1) is 0 Å². The zero-order chi connectivity index (χ0) is 18.3. The topological polar surface area (TPSA) is 66.4 Å². The van der Waals surface area contributed by atoms with Crippen LogP contribution in [0, 0.1) is 0 Å². The number of ether oxygens (including phenoxy) is 5. The first-order valence-electron chi connectivity index (χ1n) is 8.68. The fraction of sp³-hybridized carbons (Fsp3) is 0.400. The summed E-state index contributed by atoms with van der Waals surface area (Å²) in [4.78, 5) is 0. The lowest BCUT2D eigenvalue weighted by molar-refractivity contribution is 0.00360. The highest BCUT2D eigenvalue weighted by molar-refractivity contribution is 5.36. The Morgan fingerprint density at radius 1 is 0.577 bits per heavy atom. The van der Waals surface area contributed by atoms with Crippen LogP contribution in [0.4, 0.5) is 0 Å². The first kappa shape index (κ1) is 20.2. The van der Waals surface area contributed by atoms with Gasteiger partial charge in [0.2, 0.25) is 0 Å². The largest absolute Gasteiger partial charge is 0.491 e. The molecular weight excluding hydrogens is 336 g/mol. The lowest BCUT2D eigenvalue weighted by Gasteiger charge is -2.10. The highest BCUT2D eigenvalue weighted by atomic mass is 16.6. The number of rotatable bonds is 14. The second-order valence-corrected chi connectivity index (χ2v) is 5.30. The normalized spacial score (nSPS) is 10.7. The quantitative estimate of drug-likeness (QED) is 0.521. The minimum absolute atomic E-state index is 0.0321. The summed E-state index contributed by atoms with van der Waals surface area (Å²) < 4.78 is 27.3. The molecule has 0 saturated heterocycles. The van der Waals surface area contributed by atoms with Gasteiger partial charge in [0.1, 0.15) is 23.9 Å². The molecule has 0 aliphatic carbocycles. The average Bonchev–Trinajstić information content (AvgIpc) is 2.67. The fourth-order valence-electron chi connectivity index (χ4n) is 2.08. The lowest BCUT2D eigenvalue weighted by atomic mass is 10.3. The van der Waals surface area contributed by atoms with Gasteiger partial charge in [-0.2, -0.15) is 0 Å². The van der Waals surface area contributed by atoms with Crippen LogP contribution in [-0.2, 0) is 14.2 Å². The molecule has 6 heteroatoms. The van der Waals surface area contributed by atoms with Gasteiger partial charge in [0.05, 0.1) is 46.2 Å². The molecule has 0 bridgehead atoms. The third kappa shape index (κ3) is 8.82. The summed E-state index contributed by atoms with van der Waals surface area (Å²) in [5.41, 5.74) is 0. The maximum Gasteiger partial charge on any atom is 0.131 e. The Kier molecular flexibility index (Phi) is 10.2. The summed E-state index contributed by atoms with van der Waals surface area (Å²) in [6.45, 7) is 3.28.